The second-order valence-electron chi connectivity index (χ2n) is 13.0. The third kappa shape index (κ3) is 5.28. The lowest BCUT2D eigenvalue weighted by Gasteiger charge is -2.38. The lowest BCUT2D eigenvalue weighted by Crippen LogP contribution is -2.54. The second-order valence-corrected chi connectivity index (χ2v) is 13.0. The van der Waals surface area contributed by atoms with Crippen molar-refractivity contribution in [1.29, 1.82) is 0 Å². The molecule has 2 heterocycles. The molecular weight excluding hydrogens is 658 g/mol. The highest BCUT2D eigenvalue weighted by Crippen LogP contribution is 2.56. The van der Waals surface area contributed by atoms with Gasteiger partial charge in [-0.1, -0.05) is 120 Å². The molecule has 0 bridgehead atoms. The summed E-state index contributed by atoms with van der Waals surface area (Å²) in [6.07, 6.45) is -11.4. The molecule has 0 saturated carbocycles. The van der Waals surface area contributed by atoms with Crippen molar-refractivity contribution in [3.05, 3.63) is 156 Å². The first kappa shape index (κ1) is 32.4. The van der Waals surface area contributed by atoms with E-state index in [0.29, 0.717) is 33.5 Å². The zero-order valence-electron chi connectivity index (χ0n) is 27.4. The number of pyridine rings is 2. The molecule has 8 rings (SSSR count). The minimum atomic E-state index is -5.72. The standard InChI is InChI=1S/C43H28F6N2/c1-25-3-5-27-7-9-31-15-21-37(50-39(31)35(27)23-25)29-11-17-33(18-12-29)41(42(44,45)46,43(47,48)49)34-19-13-30(14-20-34)38-22-16-32-10-8-28-6-4-26(2)24-36(28)40(32)51-38/h3-24H,1-2H3. The molecule has 2 nitrogen and oxygen atoms in total. The maximum absolute atomic E-state index is 15.1. The average Bonchev–Trinajstić information content (AvgIpc) is 3.11. The van der Waals surface area contributed by atoms with Gasteiger partial charge >= 0.3 is 12.4 Å². The first-order valence-corrected chi connectivity index (χ1v) is 16.3. The molecule has 0 aliphatic heterocycles. The Balaban J connectivity index is 1.21. The maximum atomic E-state index is 15.1. The number of hydrogen-bond donors (Lipinski definition) is 0. The molecule has 0 aliphatic rings. The number of nitrogens with zero attached hydrogens (tertiary/aromatic N) is 2. The van der Waals surface area contributed by atoms with Crippen LogP contribution in [-0.4, -0.2) is 22.3 Å². The Bertz CT molecular complexity index is 2440. The zero-order chi connectivity index (χ0) is 35.7. The van der Waals surface area contributed by atoms with Crippen molar-refractivity contribution in [3.8, 4) is 22.5 Å². The molecule has 8 aromatic rings. The van der Waals surface area contributed by atoms with E-state index in [2.05, 4.69) is 0 Å². The summed E-state index contributed by atoms with van der Waals surface area (Å²) in [5.74, 6) is 0. The number of aryl methyl sites for hydroxylation is 2. The van der Waals surface area contributed by atoms with Crippen LogP contribution >= 0.6 is 0 Å². The zero-order valence-corrected chi connectivity index (χ0v) is 27.4. The minimum Gasteiger partial charge on any atom is -0.247 e. The van der Waals surface area contributed by atoms with E-state index in [-0.39, 0.29) is 0 Å². The Labute approximate surface area is 289 Å². The molecule has 0 fully saturated rings. The van der Waals surface area contributed by atoms with Crippen LogP contribution in [0.1, 0.15) is 22.3 Å². The Morgan fingerprint density at radius 3 is 1.10 bits per heavy atom. The molecule has 2 aromatic heterocycles. The average molecular weight is 687 g/mol. The van der Waals surface area contributed by atoms with Gasteiger partial charge in [0.15, 0.2) is 0 Å². The van der Waals surface area contributed by atoms with Gasteiger partial charge in [0.2, 0.25) is 5.41 Å². The fourth-order valence-electron chi connectivity index (χ4n) is 7.13. The van der Waals surface area contributed by atoms with Crippen LogP contribution in [0, 0.1) is 13.8 Å². The van der Waals surface area contributed by atoms with E-state index >= 15 is 26.3 Å². The van der Waals surface area contributed by atoms with Crippen molar-refractivity contribution >= 4 is 43.4 Å². The highest BCUT2D eigenvalue weighted by molar-refractivity contribution is 6.07. The highest BCUT2D eigenvalue weighted by atomic mass is 19.4. The van der Waals surface area contributed by atoms with Crippen molar-refractivity contribution in [2.75, 3.05) is 0 Å². The second kappa shape index (κ2) is 11.7. The van der Waals surface area contributed by atoms with Gasteiger partial charge in [0.05, 0.1) is 22.4 Å². The van der Waals surface area contributed by atoms with E-state index < -0.39 is 28.9 Å². The number of aromatic nitrogens is 2. The molecule has 0 radical (unpaired) electrons. The summed E-state index contributed by atoms with van der Waals surface area (Å²) in [4.78, 5) is 9.58. The van der Waals surface area contributed by atoms with Crippen LogP contribution in [0.3, 0.4) is 0 Å². The predicted molar refractivity (Wildman–Crippen MR) is 192 cm³/mol. The monoisotopic (exact) mass is 686 g/mol. The Morgan fingerprint density at radius 2 is 0.725 bits per heavy atom. The molecule has 0 atom stereocenters. The van der Waals surface area contributed by atoms with Crippen molar-refractivity contribution in [2.45, 2.75) is 31.6 Å². The molecule has 51 heavy (non-hydrogen) atoms. The highest BCUT2D eigenvalue weighted by Gasteiger charge is 2.72. The number of fused-ring (bicyclic) bond motifs is 6. The van der Waals surface area contributed by atoms with E-state index in [1.54, 1.807) is 12.1 Å². The third-order valence-electron chi connectivity index (χ3n) is 9.74. The molecule has 0 aliphatic carbocycles. The quantitative estimate of drug-likeness (QED) is 0.136. The van der Waals surface area contributed by atoms with Crippen molar-refractivity contribution < 1.29 is 26.3 Å². The Kier molecular flexibility index (Phi) is 7.42. The fraction of sp³-hybridized carbons (Fsp3) is 0.116. The van der Waals surface area contributed by atoms with Crippen molar-refractivity contribution in [1.82, 2.24) is 9.97 Å². The number of rotatable bonds is 4. The summed E-state index contributed by atoms with van der Waals surface area (Å²) in [5.41, 5.74) is -1.05. The van der Waals surface area contributed by atoms with Gasteiger partial charge in [0.25, 0.3) is 0 Å². The molecule has 0 saturated heterocycles. The summed E-state index contributed by atoms with van der Waals surface area (Å²) in [6.45, 7) is 3.93. The summed E-state index contributed by atoms with van der Waals surface area (Å²) >= 11 is 0. The molecular formula is C43H28F6N2. The van der Waals surface area contributed by atoms with Crippen LogP contribution in [0.15, 0.2) is 133 Å². The number of hydrogen-bond acceptors (Lipinski definition) is 2. The lowest BCUT2D eigenvalue weighted by atomic mass is 9.72. The van der Waals surface area contributed by atoms with Gasteiger partial charge in [-0.15, -0.1) is 0 Å². The molecule has 0 amide bonds. The fourth-order valence-corrected chi connectivity index (χ4v) is 7.13. The smallest absolute Gasteiger partial charge is 0.247 e. The van der Waals surface area contributed by atoms with E-state index in [1.165, 1.54) is 24.3 Å². The summed E-state index contributed by atoms with van der Waals surface area (Å²) < 4.78 is 90.3. The van der Waals surface area contributed by atoms with Gasteiger partial charge < -0.3 is 0 Å². The van der Waals surface area contributed by atoms with E-state index in [4.69, 9.17) is 9.97 Å². The van der Waals surface area contributed by atoms with Gasteiger partial charge in [0, 0.05) is 32.7 Å². The van der Waals surface area contributed by atoms with Crippen LogP contribution in [0.5, 0.6) is 0 Å². The molecule has 0 N–H and O–H groups in total. The van der Waals surface area contributed by atoms with Gasteiger partial charge in [-0.3, -0.25) is 0 Å². The topological polar surface area (TPSA) is 25.8 Å². The normalized spacial score (nSPS) is 12.7. The van der Waals surface area contributed by atoms with E-state index in [1.807, 2.05) is 86.6 Å². The van der Waals surface area contributed by atoms with Crippen molar-refractivity contribution in [2.24, 2.45) is 0 Å². The third-order valence-corrected chi connectivity index (χ3v) is 9.74. The number of alkyl halides is 6. The summed E-state index contributed by atoms with van der Waals surface area (Å²) in [7, 11) is 0. The molecule has 0 unspecified atom stereocenters. The van der Waals surface area contributed by atoms with Crippen LogP contribution < -0.4 is 0 Å². The Morgan fingerprint density at radius 1 is 0.392 bits per heavy atom. The van der Waals surface area contributed by atoms with Gasteiger partial charge in [-0.2, -0.15) is 26.3 Å². The number of halogens is 6. The van der Waals surface area contributed by atoms with E-state index in [9.17, 15) is 0 Å². The summed E-state index contributed by atoms with van der Waals surface area (Å²) in [6, 6.07) is 35.6. The van der Waals surface area contributed by atoms with Gasteiger partial charge in [-0.05, 0) is 60.0 Å². The van der Waals surface area contributed by atoms with Crippen LogP contribution in [-0.2, 0) is 5.41 Å². The largest absolute Gasteiger partial charge is 0.411 e. The minimum absolute atomic E-state index is 0.393. The predicted octanol–water partition coefficient (Wildman–Crippen LogP) is 12.5. The van der Waals surface area contributed by atoms with Crippen LogP contribution in [0.25, 0.3) is 65.9 Å². The Hall–Kier alpha value is -5.76. The number of benzene rings is 6. The molecule has 252 valence electrons. The summed E-state index contributed by atoms with van der Waals surface area (Å²) in [5, 5.41) is 5.49. The lowest BCUT2D eigenvalue weighted by molar-refractivity contribution is -0.288. The molecule has 0 spiro atoms. The van der Waals surface area contributed by atoms with Gasteiger partial charge in [-0.25, -0.2) is 9.97 Å². The SMILES string of the molecule is Cc1ccc2ccc3ccc(-c4ccc(C(c5ccc(-c6ccc7ccc8ccc(C)cc8c7n6)cc5)(C(F)(F)F)C(F)(F)F)cc4)nc3c2c1. The van der Waals surface area contributed by atoms with Crippen LogP contribution in [0.2, 0.25) is 0 Å². The van der Waals surface area contributed by atoms with Crippen molar-refractivity contribution in [3.63, 3.8) is 0 Å². The maximum Gasteiger partial charge on any atom is 0.411 e. The van der Waals surface area contributed by atoms with E-state index in [0.717, 1.165) is 67.7 Å². The molecule has 8 heteroatoms. The molecule has 6 aromatic carbocycles. The first-order chi connectivity index (χ1) is 24.3. The van der Waals surface area contributed by atoms with Gasteiger partial charge in [0.1, 0.15) is 0 Å². The van der Waals surface area contributed by atoms with Crippen LogP contribution in [0.4, 0.5) is 26.3 Å². The first-order valence-electron chi connectivity index (χ1n) is 16.3.